The van der Waals surface area contributed by atoms with Gasteiger partial charge >= 0.3 is 0 Å². The maximum Gasteiger partial charge on any atom is 0.243 e. The van der Waals surface area contributed by atoms with Crippen molar-refractivity contribution in [2.24, 2.45) is 17.6 Å². The highest BCUT2D eigenvalue weighted by Crippen LogP contribution is 2.40. The minimum absolute atomic E-state index is 0. The van der Waals surface area contributed by atoms with Crippen molar-refractivity contribution >= 4 is 33.2 Å². The molecule has 2 N–H and O–H groups in total. The van der Waals surface area contributed by atoms with E-state index in [0.29, 0.717) is 41.0 Å². The Morgan fingerprint density at radius 2 is 1.80 bits per heavy atom. The quantitative estimate of drug-likeness (QED) is 0.885. The third-order valence-electron chi connectivity index (χ3n) is 5.56. The van der Waals surface area contributed by atoms with E-state index in [4.69, 9.17) is 10.5 Å². The molecule has 25 heavy (non-hydrogen) atoms. The van der Waals surface area contributed by atoms with Crippen molar-refractivity contribution in [3.05, 3.63) is 36.4 Å². The number of rotatable bonds is 3. The van der Waals surface area contributed by atoms with E-state index in [1.165, 1.54) is 0 Å². The van der Waals surface area contributed by atoms with E-state index in [-0.39, 0.29) is 18.4 Å². The largest absolute Gasteiger partial charge is 0.496 e. The molecule has 0 aromatic heterocycles. The van der Waals surface area contributed by atoms with Crippen LogP contribution in [0.4, 0.5) is 0 Å². The van der Waals surface area contributed by atoms with Crippen molar-refractivity contribution in [3.63, 3.8) is 0 Å². The standard InChI is InChI=1S/C18H22N2O3S.ClH/c1-23-17-8-9-18(14-5-3-2-4-13(14)17)24(21,22)20-10-12-6-7-16(19)15(12)11-20;/h2-5,8-9,12,15-16H,6-7,10-11,19H2,1H3;1H. The summed E-state index contributed by atoms with van der Waals surface area (Å²) >= 11 is 0. The third kappa shape index (κ3) is 2.91. The van der Waals surface area contributed by atoms with Gasteiger partial charge < -0.3 is 10.5 Å². The molecule has 2 aromatic carbocycles. The van der Waals surface area contributed by atoms with E-state index in [0.717, 1.165) is 18.2 Å². The maximum atomic E-state index is 13.2. The second-order valence-electron chi connectivity index (χ2n) is 6.80. The molecule has 0 amide bonds. The Labute approximate surface area is 154 Å². The summed E-state index contributed by atoms with van der Waals surface area (Å²) in [4.78, 5) is 0.354. The molecule has 136 valence electrons. The summed E-state index contributed by atoms with van der Waals surface area (Å²) in [6.07, 6.45) is 2.04. The topological polar surface area (TPSA) is 72.6 Å². The number of fused-ring (bicyclic) bond motifs is 2. The van der Waals surface area contributed by atoms with Gasteiger partial charge in [-0.15, -0.1) is 12.4 Å². The highest BCUT2D eigenvalue weighted by molar-refractivity contribution is 7.89. The lowest BCUT2D eigenvalue weighted by atomic mass is 9.98. The van der Waals surface area contributed by atoms with Crippen LogP contribution >= 0.6 is 12.4 Å². The number of hydrogen-bond donors (Lipinski definition) is 1. The molecule has 3 atom stereocenters. The lowest BCUT2D eigenvalue weighted by Gasteiger charge is -2.20. The highest BCUT2D eigenvalue weighted by atomic mass is 35.5. The first kappa shape index (κ1) is 18.5. The molecule has 2 aromatic rings. The van der Waals surface area contributed by atoms with Crippen LogP contribution in [0.2, 0.25) is 0 Å². The van der Waals surface area contributed by atoms with E-state index in [9.17, 15) is 8.42 Å². The van der Waals surface area contributed by atoms with E-state index in [2.05, 4.69) is 0 Å². The first-order chi connectivity index (χ1) is 11.5. The summed E-state index contributed by atoms with van der Waals surface area (Å²) in [5, 5.41) is 1.52. The van der Waals surface area contributed by atoms with Crippen molar-refractivity contribution in [1.29, 1.82) is 0 Å². The van der Waals surface area contributed by atoms with Gasteiger partial charge in [0.15, 0.2) is 0 Å². The van der Waals surface area contributed by atoms with Crippen LogP contribution in [0.15, 0.2) is 41.3 Å². The number of sulfonamides is 1. The van der Waals surface area contributed by atoms with Gasteiger partial charge in [-0.05, 0) is 36.8 Å². The number of halogens is 1. The average molecular weight is 383 g/mol. The van der Waals surface area contributed by atoms with E-state index < -0.39 is 10.0 Å². The van der Waals surface area contributed by atoms with Crippen LogP contribution < -0.4 is 10.5 Å². The Morgan fingerprint density at radius 1 is 1.08 bits per heavy atom. The third-order valence-corrected chi connectivity index (χ3v) is 7.45. The fourth-order valence-corrected chi connectivity index (χ4v) is 5.98. The molecule has 4 rings (SSSR count). The lowest BCUT2D eigenvalue weighted by Crippen LogP contribution is -2.33. The fraction of sp³-hybridized carbons (Fsp3) is 0.444. The van der Waals surface area contributed by atoms with Gasteiger partial charge in [0.2, 0.25) is 10.0 Å². The number of ether oxygens (including phenoxy) is 1. The molecule has 5 nitrogen and oxygen atoms in total. The maximum absolute atomic E-state index is 13.2. The van der Waals surface area contributed by atoms with Gasteiger partial charge in [0.05, 0.1) is 12.0 Å². The molecule has 3 unspecified atom stereocenters. The van der Waals surface area contributed by atoms with Crippen LogP contribution in [0, 0.1) is 11.8 Å². The summed E-state index contributed by atoms with van der Waals surface area (Å²) in [5.74, 6) is 1.38. The van der Waals surface area contributed by atoms with E-state index in [1.807, 2.05) is 24.3 Å². The molecule has 2 fully saturated rings. The zero-order valence-corrected chi connectivity index (χ0v) is 15.7. The second-order valence-corrected chi connectivity index (χ2v) is 8.71. The normalized spacial score (nSPS) is 26.4. The first-order valence-electron chi connectivity index (χ1n) is 8.34. The van der Waals surface area contributed by atoms with Crippen LogP contribution in [0.1, 0.15) is 12.8 Å². The number of methoxy groups -OCH3 is 1. The van der Waals surface area contributed by atoms with Gasteiger partial charge in [-0.25, -0.2) is 8.42 Å². The van der Waals surface area contributed by atoms with Crippen molar-refractivity contribution in [1.82, 2.24) is 4.31 Å². The number of nitrogens with zero attached hydrogens (tertiary/aromatic N) is 1. The summed E-state index contributed by atoms with van der Waals surface area (Å²) in [7, 11) is -1.94. The molecule has 1 saturated carbocycles. The number of benzene rings is 2. The van der Waals surface area contributed by atoms with Crippen LogP contribution in [0.3, 0.4) is 0 Å². The van der Waals surface area contributed by atoms with Gasteiger partial charge in [-0.1, -0.05) is 24.3 Å². The predicted molar refractivity (Wildman–Crippen MR) is 101 cm³/mol. The molecule has 1 aliphatic carbocycles. The van der Waals surface area contributed by atoms with Gasteiger partial charge in [-0.3, -0.25) is 0 Å². The van der Waals surface area contributed by atoms with Gasteiger partial charge in [-0.2, -0.15) is 4.31 Å². The number of hydrogen-bond acceptors (Lipinski definition) is 4. The molecule has 1 aliphatic heterocycles. The summed E-state index contributed by atoms with van der Waals surface area (Å²) in [5.41, 5.74) is 6.15. The summed E-state index contributed by atoms with van der Waals surface area (Å²) < 4.78 is 33.5. The zero-order valence-electron chi connectivity index (χ0n) is 14.1. The van der Waals surface area contributed by atoms with Crippen LogP contribution in [0.25, 0.3) is 10.8 Å². The molecule has 0 radical (unpaired) electrons. The molecule has 0 bridgehead atoms. The first-order valence-corrected chi connectivity index (χ1v) is 9.78. The number of nitrogens with two attached hydrogens (primary N) is 1. The summed E-state index contributed by atoms with van der Waals surface area (Å²) in [6, 6.07) is 11.0. The molecule has 0 spiro atoms. The Kier molecular flexibility index (Phi) is 4.99. The van der Waals surface area contributed by atoms with E-state index in [1.54, 1.807) is 23.5 Å². The Morgan fingerprint density at radius 3 is 2.48 bits per heavy atom. The Bertz CT molecular complexity index is 887. The van der Waals surface area contributed by atoms with Crippen LogP contribution in [-0.4, -0.2) is 39.0 Å². The summed E-state index contributed by atoms with van der Waals surface area (Å²) in [6.45, 7) is 1.12. The minimum Gasteiger partial charge on any atom is -0.496 e. The van der Waals surface area contributed by atoms with Crippen molar-refractivity contribution < 1.29 is 13.2 Å². The lowest BCUT2D eigenvalue weighted by molar-refractivity contribution is 0.419. The Balaban J connectivity index is 0.00000182. The van der Waals surface area contributed by atoms with Crippen molar-refractivity contribution in [3.8, 4) is 5.75 Å². The molecular formula is C18H23ClN2O3S. The van der Waals surface area contributed by atoms with Crippen molar-refractivity contribution in [2.75, 3.05) is 20.2 Å². The van der Waals surface area contributed by atoms with Crippen molar-refractivity contribution in [2.45, 2.75) is 23.8 Å². The van der Waals surface area contributed by atoms with E-state index >= 15 is 0 Å². The van der Waals surface area contributed by atoms with Crippen LogP contribution in [-0.2, 0) is 10.0 Å². The van der Waals surface area contributed by atoms with Crippen LogP contribution in [0.5, 0.6) is 5.75 Å². The van der Waals surface area contributed by atoms with Gasteiger partial charge in [0.25, 0.3) is 0 Å². The predicted octanol–water partition coefficient (Wildman–Crippen LogP) is 2.63. The molecule has 2 aliphatic rings. The average Bonchev–Trinajstić information content (AvgIpc) is 3.16. The molecule has 1 heterocycles. The minimum atomic E-state index is -3.53. The molecule has 7 heteroatoms. The smallest absolute Gasteiger partial charge is 0.243 e. The monoisotopic (exact) mass is 382 g/mol. The zero-order chi connectivity index (χ0) is 16.9. The second kappa shape index (κ2) is 6.76. The fourth-order valence-electron chi connectivity index (χ4n) is 4.25. The van der Waals surface area contributed by atoms with Gasteiger partial charge in [0, 0.05) is 29.9 Å². The molecular weight excluding hydrogens is 360 g/mol. The molecule has 1 saturated heterocycles. The SMILES string of the molecule is COc1ccc(S(=O)(=O)N2CC3CCC(N)C3C2)c2ccccc12.Cl. The van der Waals surface area contributed by atoms with Gasteiger partial charge in [0.1, 0.15) is 5.75 Å². The highest BCUT2D eigenvalue weighted by Gasteiger charge is 2.45. The Hall–Kier alpha value is -1.34.